The van der Waals surface area contributed by atoms with Crippen molar-refractivity contribution in [3.8, 4) is 0 Å². The first-order chi connectivity index (χ1) is 12.4. The molecule has 2 aliphatic rings. The monoisotopic (exact) mass is 388 g/mol. The molecule has 0 atom stereocenters. The van der Waals surface area contributed by atoms with Gasteiger partial charge in [0.25, 0.3) is 5.91 Å². The molecule has 0 bridgehead atoms. The third-order valence-electron chi connectivity index (χ3n) is 4.09. The van der Waals surface area contributed by atoms with E-state index < -0.39 is 0 Å². The maximum Gasteiger partial charge on any atom is 0.271 e. The maximum absolute atomic E-state index is 13.1. The van der Waals surface area contributed by atoms with E-state index in [1.807, 2.05) is 51.1 Å². The Kier molecular flexibility index (Phi) is 5.58. The molecule has 0 unspecified atom stereocenters. The van der Waals surface area contributed by atoms with Crippen molar-refractivity contribution in [3.05, 3.63) is 63.3 Å². The first-order valence-electron chi connectivity index (χ1n) is 8.52. The van der Waals surface area contributed by atoms with Gasteiger partial charge in [-0.25, -0.2) is 0 Å². The van der Waals surface area contributed by atoms with Crippen LogP contribution in [0.3, 0.4) is 0 Å². The lowest BCUT2D eigenvalue weighted by molar-refractivity contribution is -0.113. The third-order valence-corrected chi connectivity index (χ3v) is 5.40. The third kappa shape index (κ3) is 3.89. The summed E-state index contributed by atoms with van der Waals surface area (Å²) in [6.45, 7) is 5.97. The Balaban J connectivity index is 2.01. The highest BCUT2D eigenvalue weighted by Gasteiger charge is 2.35. The molecule has 136 valence electrons. The van der Waals surface area contributed by atoms with E-state index in [1.165, 1.54) is 11.8 Å². The fraction of sp³-hybridized carbons (Fsp3) is 0.300. The summed E-state index contributed by atoms with van der Waals surface area (Å²) in [6.07, 6.45) is 4.72. The lowest BCUT2D eigenvalue weighted by Gasteiger charge is -2.18. The van der Waals surface area contributed by atoms with E-state index in [1.54, 1.807) is 11.0 Å². The number of allylic oxidation sites excluding steroid dienone is 5. The number of aryl methyl sites for hydroxylation is 1. The number of aliphatic imine (C=N–C) groups is 1. The second-order valence-corrected chi connectivity index (χ2v) is 7.97. The summed E-state index contributed by atoms with van der Waals surface area (Å²) >= 11 is 7.40. The average molecular weight is 389 g/mol. The van der Waals surface area contributed by atoms with Crippen LogP contribution in [0.5, 0.6) is 0 Å². The van der Waals surface area contributed by atoms with Crippen molar-refractivity contribution in [1.29, 1.82) is 0 Å². The fourth-order valence-electron chi connectivity index (χ4n) is 2.79. The van der Waals surface area contributed by atoms with Gasteiger partial charge in [0, 0.05) is 12.5 Å². The van der Waals surface area contributed by atoms with E-state index in [0.29, 0.717) is 27.9 Å². The van der Waals surface area contributed by atoms with Crippen molar-refractivity contribution in [2.24, 2.45) is 4.99 Å². The van der Waals surface area contributed by atoms with Crippen LogP contribution >= 0.6 is 23.4 Å². The van der Waals surface area contributed by atoms with Crippen LogP contribution in [-0.2, 0) is 4.79 Å². The summed E-state index contributed by atoms with van der Waals surface area (Å²) in [5, 5.41) is 10.7. The number of benzene rings is 1. The lowest BCUT2D eigenvalue weighted by Crippen LogP contribution is -2.30. The first kappa shape index (κ1) is 18.8. The molecule has 26 heavy (non-hydrogen) atoms. The summed E-state index contributed by atoms with van der Waals surface area (Å²) in [7, 11) is 0. The average Bonchev–Trinajstić information content (AvgIpc) is 2.86. The van der Waals surface area contributed by atoms with Gasteiger partial charge in [-0.15, -0.1) is 0 Å². The number of carbonyl (C=O) groups excluding carboxylic acids is 1. The molecule has 0 aromatic heterocycles. The Hall–Kier alpha value is -1.98. The quantitative estimate of drug-likeness (QED) is 0.700. The Bertz CT molecular complexity index is 868. The Labute approximate surface area is 162 Å². The SMILES string of the molecule is Cc1ccccc1N1C(=O)/C(=C/C2=CC(Cl)=C(O)CC2)S/C1=N\C(C)C. The molecule has 0 saturated carbocycles. The molecule has 1 aliphatic carbocycles. The van der Waals surface area contributed by atoms with Crippen molar-refractivity contribution in [1.82, 2.24) is 0 Å². The number of hydrogen-bond acceptors (Lipinski definition) is 4. The molecule has 1 saturated heterocycles. The smallest absolute Gasteiger partial charge is 0.271 e. The van der Waals surface area contributed by atoms with Gasteiger partial charge in [0.2, 0.25) is 0 Å². The highest BCUT2D eigenvalue weighted by molar-refractivity contribution is 8.19. The first-order valence-corrected chi connectivity index (χ1v) is 9.72. The number of amides is 1. The predicted octanol–water partition coefficient (Wildman–Crippen LogP) is 5.45. The van der Waals surface area contributed by atoms with E-state index in [2.05, 4.69) is 4.99 Å². The molecule has 1 heterocycles. The zero-order valence-corrected chi connectivity index (χ0v) is 16.6. The number of aliphatic hydroxyl groups is 1. The molecule has 1 fully saturated rings. The molecule has 1 amide bonds. The van der Waals surface area contributed by atoms with Gasteiger partial charge in [-0.3, -0.25) is 14.7 Å². The van der Waals surface area contributed by atoms with Crippen LogP contribution in [0.4, 0.5) is 5.69 Å². The predicted molar refractivity (Wildman–Crippen MR) is 110 cm³/mol. The Morgan fingerprint density at radius 3 is 2.69 bits per heavy atom. The minimum atomic E-state index is -0.0838. The standard InChI is InChI=1S/C20H21ClN2O2S/c1-12(2)22-20-23(16-7-5-4-6-13(16)3)19(25)18(26-20)11-14-8-9-17(24)15(21)10-14/h4-7,10-12,24H,8-9H2,1-3H3/b18-11-,22-20-. The number of carbonyl (C=O) groups is 1. The van der Waals surface area contributed by atoms with Crippen molar-refractivity contribution in [3.63, 3.8) is 0 Å². The fourth-order valence-corrected chi connectivity index (χ4v) is 4.15. The molecule has 1 aliphatic heterocycles. The Morgan fingerprint density at radius 1 is 1.31 bits per heavy atom. The minimum absolute atomic E-state index is 0.0828. The largest absolute Gasteiger partial charge is 0.511 e. The second-order valence-electron chi connectivity index (χ2n) is 6.56. The van der Waals surface area contributed by atoms with Gasteiger partial charge in [-0.2, -0.15) is 0 Å². The van der Waals surface area contributed by atoms with Crippen molar-refractivity contribution >= 4 is 40.1 Å². The molecule has 0 spiro atoms. The van der Waals surface area contributed by atoms with Crippen LogP contribution in [0.25, 0.3) is 0 Å². The van der Waals surface area contributed by atoms with Gasteiger partial charge in [0.1, 0.15) is 5.76 Å². The van der Waals surface area contributed by atoms with Crippen molar-refractivity contribution in [2.45, 2.75) is 39.7 Å². The number of nitrogens with zero attached hydrogens (tertiary/aromatic N) is 2. The topological polar surface area (TPSA) is 52.9 Å². The van der Waals surface area contributed by atoms with Gasteiger partial charge >= 0.3 is 0 Å². The van der Waals surface area contributed by atoms with Crippen LogP contribution in [0.1, 0.15) is 32.3 Å². The molecule has 0 radical (unpaired) electrons. The van der Waals surface area contributed by atoms with Crippen LogP contribution in [0, 0.1) is 6.92 Å². The Morgan fingerprint density at radius 2 is 2.04 bits per heavy atom. The molecule has 3 rings (SSSR count). The molecule has 1 N–H and O–H groups in total. The normalized spacial score (nSPS) is 21.3. The molecule has 1 aromatic carbocycles. The van der Waals surface area contributed by atoms with Crippen LogP contribution in [0.15, 0.2) is 62.7 Å². The van der Waals surface area contributed by atoms with Crippen molar-refractivity contribution < 1.29 is 9.90 Å². The zero-order chi connectivity index (χ0) is 18.8. The number of rotatable bonds is 3. The van der Waals surface area contributed by atoms with E-state index in [0.717, 1.165) is 16.8 Å². The molecular weight excluding hydrogens is 368 g/mol. The minimum Gasteiger partial charge on any atom is -0.511 e. The molecule has 1 aromatic rings. The number of thioether (sulfide) groups is 1. The van der Waals surface area contributed by atoms with Gasteiger partial charge < -0.3 is 5.11 Å². The lowest BCUT2D eigenvalue weighted by atomic mass is 10.0. The van der Waals surface area contributed by atoms with Gasteiger partial charge in [0.05, 0.1) is 15.6 Å². The maximum atomic E-state index is 13.1. The summed E-state index contributed by atoms with van der Waals surface area (Å²) in [6, 6.07) is 7.88. The van der Waals surface area contributed by atoms with E-state index in [-0.39, 0.29) is 17.7 Å². The number of halogens is 1. The summed E-state index contributed by atoms with van der Waals surface area (Å²) in [5.74, 6) is 0.113. The number of anilines is 1. The molecular formula is C20H21ClN2O2S. The van der Waals surface area contributed by atoms with E-state index >= 15 is 0 Å². The number of aliphatic hydroxyl groups excluding tert-OH is 1. The second kappa shape index (κ2) is 7.72. The van der Waals surface area contributed by atoms with Crippen LogP contribution < -0.4 is 4.90 Å². The van der Waals surface area contributed by atoms with Crippen LogP contribution in [-0.4, -0.2) is 22.2 Å². The highest BCUT2D eigenvalue weighted by Crippen LogP contribution is 2.38. The molecule has 4 nitrogen and oxygen atoms in total. The van der Waals surface area contributed by atoms with E-state index in [4.69, 9.17) is 11.6 Å². The van der Waals surface area contributed by atoms with Gasteiger partial charge in [-0.1, -0.05) is 29.8 Å². The number of para-hydroxylation sites is 1. The summed E-state index contributed by atoms with van der Waals surface area (Å²) in [4.78, 5) is 20.0. The summed E-state index contributed by atoms with van der Waals surface area (Å²) in [5.41, 5.74) is 2.80. The van der Waals surface area contributed by atoms with E-state index in [9.17, 15) is 9.90 Å². The highest BCUT2D eigenvalue weighted by atomic mass is 35.5. The van der Waals surface area contributed by atoms with Gasteiger partial charge in [0.15, 0.2) is 5.17 Å². The summed E-state index contributed by atoms with van der Waals surface area (Å²) < 4.78 is 0. The number of hydrogen-bond donors (Lipinski definition) is 1. The van der Waals surface area contributed by atoms with Gasteiger partial charge in [-0.05, 0) is 68.3 Å². The number of amidine groups is 1. The molecule has 6 heteroatoms. The zero-order valence-electron chi connectivity index (χ0n) is 15.0. The van der Waals surface area contributed by atoms with Crippen molar-refractivity contribution in [2.75, 3.05) is 4.90 Å². The van der Waals surface area contributed by atoms with Crippen LogP contribution in [0.2, 0.25) is 0 Å².